The second-order valence-corrected chi connectivity index (χ2v) is 6.42. The molecule has 2 rings (SSSR count). The SMILES string of the molecule is Cc1ccc(C)c(C(=O)N(CCO)C(C)(C)c2ccccc2)c1. The van der Waals surface area contributed by atoms with Crippen molar-refractivity contribution >= 4 is 5.91 Å². The number of aliphatic hydroxyl groups excluding tert-OH is 1. The van der Waals surface area contributed by atoms with E-state index in [2.05, 4.69) is 0 Å². The number of hydrogen-bond acceptors (Lipinski definition) is 2. The molecule has 3 nitrogen and oxygen atoms in total. The Morgan fingerprint density at radius 1 is 1.09 bits per heavy atom. The van der Waals surface area contributed by atoms with Gasteiger partial charge in [-0.25, -0.2) is 0 Å². The van der Waals surface area contributed by atoms with E-state index in [0.29, 0.717) is 12.1 Å². The van der Waals surface area contributed by atoms with Crippen LogP contribution >= 0.6 is 0 Å². The maximum atomic E-state index is 13.1. The topological polar surface area (TPSA) is 40.5 Å². The molecule has 122 valence electrons. The van der Waals surface area contributed by atoms with E-state index in [0.717, 1.165) is 16.7 Å². The monoisotopic (exact) mass is 311 g/mol. The normalized spacial score (nSPS) is 11.3. The van der Waals surface area contributed by atoms with Crippen molar-refractivity contribution in [3.05, 3.63) is 70.8 Å². The molecule has 2 aromatic carbocycles. The van der Waals surface area contributed by atoms with E-state index in [1.54, 1.807) is 4.90 Å². The summed E-state index contributed by atoms with van der Waals surface area (Å²) in [5, 5.41) is 9.47. The molecule has 0 saturated carbocycles. The minimum atomic E-state index is -0.503. The molecule has 2 aromatic rings. The van der Waals surface area contributed by atoms with Crippen LogP contribution in [0.15, 0.2) is 48.5 Å². The minimum absolute atomic E-state index is 0.0471. The molecule has 0 spiro atoms. The molecule has 1 N–H and O–H groups in total. The summed E-state index contributed by atoms with van der Waals surface area (Å²) in [7, 11) is 0. The zero-order valence-corrected chi connectivity index (χ0v) is 14.3. The standard InChI is InChI=1S/C20H25NO2/c1-15-10-11-16(2)18(14-15)19(23)21(12-13-22)20(3,4)17-8-6-5-7-9-17/h5-11,14,22H,12-13H2,1-4H3. The van der Waals surface area contributed by atoms with Crippen LogP contribution in [0, 0.1) is 13.8 Å². The number of aryl methyl sites for hydroxylation is 2. The lowest BCUT2D eigenvalue weighted by molar-refractivity contribution is 0.0480. The van der Waals surface area contributed by atoms with Gasteiger partial charge in [-0.15, -0.1) is 0 Å². The maximum absolute atomic E-state index is 13.1. The van der Waals surface area contributed by atoms with Gasteiger partial charge in [0.05, 0.1) is 12.1 Å². The Morgan fingerprint density at radius 3 is 2.35 bits per heavy atom. The summed E-state index contributed by atoms with van der Waals surface area (Å²) in [6, 6.07) is 15.8. The molecule has 0 radical (unpaired) electrons. The number of nitrogens with zero attached hydrogens (tertiary/aromatic N) is 1. The zero-order valence-electron chi connectivity index (χ0n) is 14.3. The smallest absolute Gasteiger partial charge is 0.254 e. The van der Waals surface area contributed by atoms with Crippen LogP contribution < -0.4 is 0 Å². The van der Waals surface area contributed by atoms with Gasteiger partial charge in [-0.1, -0.05) is 48.0 Å². The van der Waals surface area contributed by atoms with Crippen LogP contribution in [-0.4, -0.2) is 29.1 Å². The summed E-state index contributed by atoms with van der Waals surface area (Å²) in [4.78, 5) is 14.9. The molecular formula is C20H25NO2. The van der Waals surface area contributed by atoms with E-state index in [1.807, 2.05) is 76.2 Å². The molecule has 0 unspecified atom stereocenters. The summed E-state index contributed by atoms with van der Waals surface area (Å²) < 4.78 is 0. The van der Waals surface area contributed by atoms with Crippen molar-refractivity contribution in [3.8, 4) is 0 Å². The highest BCUT2D eigenvalue weighted by molar-refractivity contribution is 5.96. The van der Waals surface area contributed by atoms with Crippen LogP contribution in [0.4, 0.5) is 0 Å². The van der Waals surface area contributed by atoms with E-state index < -0.39 is 5.54 Å². The average Bonchev–Trinajstić information content (AvgIpc) is 2.55. The molecule has 3 heteroatoms. The number of carbonyl (C=O) groups excluding carboxylic acids is 1. The zero-order chi connectivity index (χ0) is 17.0. The van der Waals surface area contributed by atoms with Crippen LogP contribution in [0.2, 0.25) is 0 Å². The third kappa shape index (κ3) is 3.62. The lowest BCUT2D eigenvalue weighted by Gasteiger charge is -2.39. The Hall–Kier alpha value is -2.13. The molecule has 0 atom stereocenters. The van der Waals surface area contributed by atoms with Crippen LogP contribution in [0.3, 0.4) is 0 Å². The number of aliphatic hydroxyl groups is 1. The Bertz CT molecular complexity index is 677. The van der Waals surface area contributed by atoms with Crippen molar-refractivity contribution in [1.29, 1.82) is 0 Å². The number of benzene rings is 2. The molecule has 0 fully saturated rings. The number of carbonyl (C=O) groups is 1. The first-order valence-electron chi connectivity index (χ1n) is 7.93. The average molecular weight is 311 g/mol. The van der Waals surface area contributed by atoms with Crippen molar-refractivity contribution in [1.82, 2.24) is 4.90 Å². The quantitative estimate of drug-likeness (QED) is 0.915. The van der Waals surface area contributed by atoms with Crippen molar-refractivity contribution in [2.45, 2.75) is 33.2 Å². The van der Waals surface area contributed by atoms with Gasteiger partial charge < -0.3 is 10.0 Å². The first-order chi connectivity index (χ1) is 10.9. The second kappa shape index (κ2) is 6.97. The summed E-state index contributed by atoms with van der Waals surface area (Å²) in [5.41, 5.74) is 3.25. The van der Waals surface area contributed by atoms with Crippen molar-refractivity contribution in [3.63, 3.8) is 0 Å². The van der Waals surface area contributed by atoms with Gasteiger partial charge in [-0.3, -0.25) is 4.79 Å². The van der Waals surface area contributed by atoms with Crippen molar-refractivity contribution < 1.29 is 9.90 Å². The molecule has 0 aliphatic rings. The van der Waals surface area contributed by atoms with Gasteiger partial charge in [-0.05, 0) is 44.9 Å². The van der Waals surface area contributed by atoms with Gasteiger partial charge in [-0.2, -0.15) is 0 Å². The molecule has 0 heterocycles. The first kappa shape index (κ1) is 17.2. The Labute approximate surface area is 138 Å². The molecule has 0 aliphatic heterocycles. The predicted molar refractivity (Wildman–Crippen MR) is 93.5 cm³/mol. The lowest BCUT2D eigenvalue weighted by Crippen LogP contribution is -2.47. The molecule has 0 saturated heterocycles. The Morgan fingerprint density at radius 2 is 1.74 bits per heavy atom. The third-order valence-electron chi connectivity index (χ3n) is 4.35. The highest BCUT2D eigenvalue weighted by atomic mass is 16.3. The maximum Gasteiger partial charge on any atom is 0.254 e. The van der Waals surface area contributed by atoms with Gasteiger partial charge in [0, 0.05) is 12.1 Å². The van der Waals surface area contributed by atoms with Gasteiger partial charge in [0.2, 0.25) is 0 Å². The first-order valence-corrected chi connectivity index (χ1v) is 7.93. The van der Waals surface area contributed by atoms with E-state index in [1.165, 1.54) is 0 Å². The van der Waals surface area contributed by atoms with Gasteiger partial charge in [0.1, 0.15) is 0 Å². The Balaban J connectivity index is 2.45. The van der Waals surface area contributed by atoms with E-state index in [4.69, 9.17) is 0 Å². The van der Waals surface area contributed by atoms with E-state index >= 15 is 0 Å². The number of amides is 1. The fraction of sp³-hybridized carbons (Fsp3) is 0.350. The molecule has 1 amide bonds. The molecule has 23 heavy (non-hydrogen) atoms. The predicted octanol–water partition coefficient (Wildman–Crippen LogP) is 3.67. The highest BCUT2D eigenvalue weighted by Gasteiger charge is 2.33. The van der Waals surface area contributed by atoms with Gasteiger partial charge >= 0.3 is 0 Å². The van der Waals surface area contributed by atoms with Crippen LogP contribution in [-0.2, 0) is 5.54 Å². The van der Waals surface area contributed by atoms with Crippen LogP contribution in [0.25, 0.3) is 0 Å². The second-order valence-electron chi connectivity index (χ2n) is 6.42. The number of hydrogen-bond donors (Lipinski definition) is 1. The fourth-order valence-electron chi connectivity index (χ4n) is 2.85. The minimum Gasteiger partial charge on any atom is -0.395 e. The largest absolute Gasteiger partial charge is 0.395 e. The van der Waals surface area contributed by atoms with E-state index in [-0.39, 0.29) is 12.5 Å². The third-order valence-corrected chi connectivity index (χ3v) is 4.35. The summed E-state index contributed by atoms with van der Waals surface area (Å²) >= 11 is 0. The Kier molecular flexibility index (Phi) is 5.22. The van der Waals surface area contributed by atoms with Gasteiger partial charge in [0.15, 0.2) is 0 Å². The molecule has 0 aliphatic carbocycles. The summed E-state index contributed by atoms with van der Waals surface area (Å²) in [5.74, 6) is -0.0471. The molecular weight excluding hydrogens is 286 g/mol. The van der Waals surface area contributed by atoms with Gasteiger partial charge in [0.25, 0.3) is 5.91 Å². The summed E-state index contributed by atoms with van der Waals surface area (Å²) in [6.45, 7) is 8.19. The number of rotatable bonds is 5. The molecule has 0 aromatic heterocycles. The van der Waals surface area contributed by atoms with E-state index in [9.17, 15) is 9.90 Å². The molecule has 0 bridgehead atoms. The van der Waals surface area contributed by atoms with Crippen molar-refractivity contribution in [2.75, 3.05) is 13.2 Å². The van der Waals surface area contributed by atoms with Crippen LogP contribution in [0.5, 0.6) is 0 Å². The highest BCUT2D eigenvalue weighted by Crippen LogP contribution is 2.29. The summed E-state index contributed by atoms with van der Waals surface area (Å²) in [6.07, 6.45) is 0. The van der Waals surface area contributed by atoms with Crippen LogP contribution in [0.1, 0.15) is 40.9 Å². The van der Waals surface area contributed by atoms with Crippen molar-refractivity contribution in [2.24, 2.45) is 0 Å². The fourth-order valence-corrected chi connectivity index (χ4v) is 2.85. The lowest BCUT2D eigenvalue weighted by atomic mass is 9.91.